The van der Waals surface area contributed by atoms with E-state index in [-0.39, 0.29) is 17.6 Å². The fraction of sp³-hybridized carbons (Fsp3) is 0.700. The quantitative estimate of drug-likeness (QED) is 0.769. The molecule has 94 valence electrons. The van der Waals surface area contributed by atoms with Gasteiger partial charge in [0, 0.05) is 13.7 Å². The van der Waals surface area contributed by atoms with Crippen LogP contribution in [0.3, 0.4) is 0 Å². The van der Waals surface area contributed by atoms with Crippen molar-refractivity contribution < 1.29 is 9.47 Å². The fourth-order valence-electron chi connectivity index (χ4n) is 1.81. The van der Waals surface area contributed by atoms with Crippen molar-refractivity contribution in [2.24, 2.45) is 0 Å². The predicted molar refractivity (Wildman–Crippen MR) is 62.9 cm³/mol. The lowest BCUT2D eigenvalue weighted by atomic mass is 9.80. The van der Waals surface area contributed by atoms with Crippen molar-refractivity contribution >= 4 is 11.9 Å². The van der Waals surface area contributed by atoms with E-state index in [0.29, 0.717) is 12.5 Å². The first-order valence-corrected chi connectivity index (χ1v) is 5.52. The molecule has 3 N–H and O–H groups in total. The van der Waals surface area contributed by atoms with Gasteiger partial charge in [-0.25, -0.2) is 0 Å². The molecule has 2 rings (SSSR count). The molecule has 0 bridgehead atoms. The minimum atomic E-state index is -0.0887. The molecule has 1 aromatic heterocycles. The van der Waals surface area contributed by atoms with Crippen LogP contribution in [0.15, 0.2) is 0 Å². The third kappa shape index (κ3) is 2.55. The molecule has 0 atom stereocenters. The van der Waals surface area contributed by atoms with Crippen molar-refractivity contribution in [2.45, 2.75) is 24.9 Å². The average Bonchev–Trinajstić information content (AvgIpc) is 2.27. The zero-order valence-electron chi connectivity index (χ0n) is 10.1. The highest BCUT2D eigenvalue weighted by Gasteiger charge is 2.36. The van der Waals surface area contributed by atoms with Gasteiger partial charge in [-0.05, 0) is 19.3 Å². The largest absolute Gasteiger partial charge is 0.467 e. The molecule has 1 fully saturated rings. The molecular formula is C10H17N5O2. The average molecular weight is 239 g/mol. The lowest BCUT2D eigenvalue weighted by Crippen LogP contribution is -2.45. The summed E-state index contributed by atoms with van der Waals surface area (Å²) in [7, 11) is 3.21. The minimum absolute atomic E-state index is 0.0887. The normalized spacial score (nSPS) is 17.3. The second-order valence-electron chi connectivity index (χ2n) is 4.10. The van der Waals surface area contributed by atoms with Gasteiger partial charge in [0.15, 0.2) is 0 Å². The first-order chi connectivity index (χ1) is 8.17. The van der Waals surface area contributed by atoms with Gasteiger partial charge in [-0.3, -0.25) is 0 Å². The lowest BCUT2D eigenvalue weighted by Gasteiger charge is -2.40. The molecule has 1 heterocycles. The number of methoxy groups -OCH3 is 2. The van der Waals surface area contributed by atoms with Crippen LogP contribution in [0.5, 0.6) is 6.01 Å². The maximum Gasteiger partial charge on any atom is 0.322 e. The van der Waals surface area contributed by atoms with Crippen molar-refractivity contribution in [1.82, 2.24) is 15.0 Å². The van der Waals surface area contributed by atoms with Crippen LogP contribution in [0.25, 0.3) is 0 Å². The van der Waals surface area contributed by atoms with E-state index >= 15 is 0 Å². The number of ether oxygens (including phenoxy) is 2. The predicted octanol–water partition coefficient (Wildman–Crippen LogP) is 0.443. The van der Waals surface area contributed by atoms with Crippen LogP contribution in [-0.2, 0) is 4.74 Å². The van der Waals surface area contributed by atoms with Gasteiger partial charge in [-0.15, -0.1) is 0 Å². The van der Waals surface area contributed by atoms with Crippen LogP contribution in [0.1, 0.15) is 19.3 Å². The van der Waals surface area contributed by atoms with E-state index in [1.54, 1.807) is 7.11 Å². The SMILES string of the molecule is COc1nc(N)nc(NCC2(OC)CCC2)n1. The molecule has 1 saturated carbocycles. The minimum Gasteiger partial charge on any atom is -0.467 e. The Kier molecular flexibility index (Phi) is 3.28. The number of anilines is 2. The first kappa shape index (κ1) is 11.8. The van der Waals surface area contributed by atoms with Crippen molar-refractivity contribution in [1.29, 1.82) is 0 Å². The highest BCUT2D eigenvalue weighted by molar-refractivity contribution is 5.33. The fourth-order valence-corrected chi connectivity index (χ4v) is 1.81. The summed E-state index contributed by atoms with van der Waals surface area (Å²) in [5.74, 6) is 0.553. The summed E-state index contributed by atoms with van der Waals surface area (Å²) >= 11 is 0. The van der Waals surface area contributed by atoms with Gasteiger partial charge in [-0.1, -0.05) is 0 Å². The monoisotopic (exact) mass is 239 g/mol. The molecule has 1 aromatic rings. The summed E-state index contributed by atoms with van der Waals surface area (Å²) in [5.41, 5.74) is 5.45. The number of rotatable bonds is 5. The van der Waals surface area contributed by atoms with E-state index in [4.69, 9.17) is 15.2 Å². The zero-order chi connectivity index (χ0) is 12.3. The summed E-state index contributed by atoms with van der Waals surface area (Å²) in [6, 6.07) is 0.208. The van der Waals surface area contributed by atoms with E-state index < -0.39 is 0 Å². The third-order valence-corrected chi connectivity index (χ3v) is 3.08. The van der Waals surface area contributed by atoms with E-state index in [2.05, 4.69) is 20.3 Å². The molecule has 0 aromatic carbocycles. The number of hydrogen-bond acceptors (Lipinski definition) is 7. The molecule has 7 nitrogen and oxygen atoms in total. The van der Waals surface area contributed by atoms with Gasteiger partial charge in [0.2, 0.25) is 11.9 Å². The maximum absolute atomic E-state index is 5.54. The van der Waals surface area contributed by atoms with Crippen molar-refractivity contribution in [2.75, 3.05) is 31.8 Å². The Balaban J connectivity index is 2.01. The van der Waals surface area contributed by atoms with Gasteiger partial charge in [0.1, 0.15) is 0 Å². The summed E-state index contributed by atoms with van der Waals surface area (Å²) < 4.78 is 10.4. The Morgan fingerprint density at radius 1 is 1.29 bits per heavy atom. The number of nitrogen functional groups attached to an aromatic ring is 1. The molecule has 0 spiro atoms. The lowest BCUT2D eigenvalue weighted by molar-refractivity contribution is -0.0602. The molecule has 0 saturated heterocycles. The maximum atomic E-state index is 5.54. The molecule has 0 amide bonds. The van der Waals surface area contributed by atoms with Crippen LogP contribution in [-0.4, -0.2) is 41.3 Å². The molecule has 1 aliphatic rings. The molecule has 0 aliphatic heterocycles. The van der Waals surface area contributed by atoms with Crippen LogP contribution in [0.4, 0.5) is 11.9 Å². The number of nitrogens with zero attached hydrogens (tertiary/aromatic N) is 3. The summed E-state index contributed by atoms with van der Waals surface area (Å²) in [6.07, 6.45) is 3.29. The van der Waals surface area contributed by atoms with Gasteiger partial charge in [-0.2, -0.15) is 15.0 Å². The Morgan fingerprint density at radius 2 is 2.06 bits per heavy atom. The highest BCUT2D eigenvalue weighted by atomic mass is 16.5. The second-order valence-corrected chi connectivity index (χ2v) is 4.10. The second kappa shape index (κ2) is 4.70. The van der Waals surface area contributed by atoms with Crippen molar-refractivity contribution in [3.63, 3.8) is 0 Å². The van der Waals surface area contributed by atoms with E-state index in [9.17, 15) is 0 Å². The molecule has 17 heavy (non-hydrogen) atoms. The third-order valence-electron chi connectivity index (χ3n) is 3.08. The number of nitrogens with two attached hydrogens (primary N) is 1. The van der Waals surface area contributed by atoms with Gasteiger partial charge in [0.05, 0.1) is 12.7 Å². The van der Waals surface area contributed by atoms with Gasteiger partial charge >= 0.3 is 6.01 Å². The number of nitrogens with one attached hydrogen (secondary N) is 1. The molecule has 7 heteroatoms. The van der Waals surface area contributed by atoms with E-state index in [1.807, 2.05) is 0 Å². The Morgan fingerprint density at radius 3 is 2.59 bits per heavy atom. The molecule has 0 radical (unpaired) electrons. The van der Waals surface area contributed by atoms with Crippen LogP contribution < -0.4 is 15.8 Å². The van der Waals surface area contributed by atoms with Gasteiger partial charge in [0.25, 0.3) is 0 Å². The number of aromatic nitrogens is 3. The summed E-state index contributed by atoms with van der Waals surface area (Å²) in [5, 5.41) is 3.11. The topological polar surface area (TPSA) is 95.2 Å². The molecule has 0 unspecified atom stereocenters. The molecular weight excluding hydrogens is 222 g/mol. The Hall–Kier alpha value is -1.63. The summed E-state index contributed by atoms with van der Waals surface area (Å²) in [6.45, 7) is 0.663. The highest BCUT2D eigenvalue weighted by Crippen LogP contribution is 2.34. The smallest absolute Gasteiger partial charge is 0.322 e. The van der Waals surface area contributed by atoms with Crippen molar-refractivity contribution in [3.05, 3.63) is 0 Å². The van der Waals surface area contributed by atoms with Crippen molar-refractivity contribution in [3.8, 4) is 6.01 Å². The molecule has 1 aliphatic carbocycles. The van der Waals surface area contributed by atoms with Crippen LogP contribution in [0, 0.1) is 0 Å². The first-order valence-electron chi connectivity index (χ1n) is 5.52. The zero-order valence-corrected chi connectivity index (χ0v) is 10.1. The van der Waals surface area contributed by atoms with Gasteiger partial charge < -0.3 is 20.5 Å². The number of hydrogen-bond donors (Lipinski definition) is 2. The standard InChI is InChI=1S/C10H17N5O2/c1-16-9-14-7(11)13-8(15-9)12-6-10(17-2)4-3-5-10/h3-6H2,1-2H3,(H3,11,12,13,14,15). The van der Waals surface area contributed by atoms with Crippen LogP contribution >= 0.6 is 0 Å². The Labute approximate surface area is 99.8 Å². The van der Waals surface area contributed by atoms with Crippen LogP contribution in [0.2, 0.25) is 0 Å². The van der Waals surface area contributed by atoms with E-state index in [0.717, 1.165) is 12.8 Å². The van der Waals surface area contributed by atoms with E-state index in [1.165, 1.54) is 13.5 Å². The summed E-state index contributed by atoms with van der Waals surface area (Å²) in [4.78, 5) is 11.9. The Bertz CT molecular complexity index is 389.